The topological polar surface area (TPSA) is 37.4 Å². The number of alkyl halides is 7. The molecule has 0 atom stereocenters. The quantitative estimate of drug-likeness (QED) is 0.346. The fraction of sp³-hybridized carbons (Fsp3) is 1.00. The van der Waals surface area contributed by atoms with Crippen LogP contribution in [0.1, 0.15) is 44.9 Å². The Kier molecular flexibility index (Phi) is 9.87. The van der Waals surface area contributed by atoms with Crippen LogP contribution in [0.25, 0.3) is 0 Å². The van der Waals surface area contributed by atoms with Gasteiger partial charge in [-0.2, -0.15) is 26.3 Å². The standard InChI is InChI=1S/C15H26F7NO2S/c1-23(2)10-6-8-12-26(24,25)11-7-4-3-5-9-13(16,14(17,18)19)15(20,21)22/h3-12H2,1-2H3. The monoisotopic (exact) mass is 417 g/mol. The summed E-state index contributed by atoms with van der Waals surface area (Å²) in [6.07, 6.45) is -13.0. The summed E-state index contributed by atoms with van der Waals surface area (Å²) in [5.41, 5.74) is -5.22. The zero-order valence-corrected chi connectivity index (χ0v) is 15.7. The molecule has 0 heterocycles. The minimum Gasteiger partial charge on any atom is -0.309 e. The normalized spacial score (nSPS) is 14.2. The van der Waals surface area contributed by atoms with E-state index in [1.165, 1.54) is 0 Å². The first kappa shape index (κ1) is 25.4. The van der Waals surface area contributed by atoms with Gasteiger partial charge in [-0.25, -0.2) is 12.8 Å². The van der Waals surface area contributed by atoms with Crippen LogP contribution in [0.2, 0.25) is 0 Å². The minimum atomic E-state index is -6.03. The summed E-state index contributed by atoms with van der Waals surface area (Å²) < 4.78 is 111. The zero-order chi connectivity index (χ0) is 20.6. The molecule has 0 aliphatic rings. The molecule has 0 aromatic heterocycles. The van der Waals surface area contributed by atoms with Crippen molar-refractivity contribution in [3.63, 3.8) is 0 Å². The van der Waals surface area contributed by atoms with E-state index in [4.69, 9.17) is 0 Å². The molecule has 0 amide bonds. The molecule has 3 nitrogen and oxygen atoms in total. The molecule has 0 radical (unpaired) electrons. The first-order chi connectivity index (χ1) is 11.6. The Bertz CT molecular complexity index is 487. The summed E-state index contributed by atoms with van der Waals surface area (Å²) in [7, 11) is 0.424. The summed E-state index contributed by atoms with van der Waals surface area (Å²) in [6, 6.07) is 0. The Morgan fingerprint density at radius 2 is 1.12 bits per heavy atom. The number of hydrogen-bond donors (Lipinski definition) is 0. The number of hydrogen-bond acceptors (Lipinski definition) is 3. The Hall–Kier alpha value is -0.580. The molecule has 11 heteroatoms. The Morgan fingerprint density at radius 3 is 1.54 bits per heavy atom. The first-order valence-electron chi connectivity index (χ1n) is 8.30. The Labute approximate surface area is 149 Å². The van der Waals surface area contributed by atoms with Gasteiger partial charge in [-0.1, -0.05) is 12.8 Å². The van der Waals surface area contributed by atoms with E-state index in [9.17, 15) is 39.2 Å². The molecule has 0 spiro atoms. The molecule has 0 N–H and O–H groups in total. The van der Waals surface area contributed by atoms with E-state index in [1.807, 2.05) is 19.0 Å². The third-order valence-corrected chi connectivity index (χ3v) is 5.76. The third-order valence-electron chi connectivity index (χ3n) is 3.94. The van der Waals surface area contributed by atoms with Crippen LogP contribution in [0.15, 0.2) is 0 Å². The lowest BCUT2D eigenvalue weighted by Gasteiger charge is -2.29. The predicted octanol–water partition coefficient (Wildman–Crippen LogP) is 4.53. The van der Waals surface area contributed by atoms with E-state index in [2.05, 4.69) is 0 Å². The lowest BCUT2D eigenvalue weighted by Crippen LogP contribution is -2.53. The molecule has 0 aliphatic heterocycles. The van der Waals surface area contributed by atoms with E-state index in [0.29, 0.717) is 12.8 Å². The van der Waals surface area contributed by atoms with Gasteiger partial charge in [0.2, 0.25) is 0 Å². The van der Waals surface area contributed by atoms with Crippen LogP contribution < -0.4 is 0 Å². The van der Waals surface area contributed by atoms with Crippen molar-refractivity contribution in [2.45, 2.75) is 63.0 Å². The summed E-state index contributed by atoms with van der Waals surface area (Å²) >= 11 is 0. The first-order valence-corrected chi connectivity index (χ1v) is 10.1. The van der Waals surface area contributed by atoms with E-state index in [1.54, 1.807) is 0 Å². The molecule has 0 aliphatic carbocycles. The highest BCUT2D eigenvalue weighted by Gasteiger charge is 2.71. The van der Waals surface area contributed by atoms with E-state index < -0.39 is 40.7 Å². The molecule has 0 rings (SSSR count). The van der Waals surface area contributed by atoms with Gasteiger partial charge in [-0.15, -0.1) is 0 Å². The highest BCUT2D eigenvalue weighted by Crippen LogP contribution is 2.49. The average Bonchev–Trinajstić information content (AvgIpc) is 2.44. The fourth-order valence-electron chi connectivity index (χ4n) is 2.34. The molecule has 0 unspecified atom stereocenters. The van der Waals surface area contributed by atoms with Gasteiger partial charge in [0.15, 0.2) is 0 Å². The number of rotatable bonds is 12. The highest BCUT2D eigenvalue weighted by atomic mass is 32.2. The lowest BCUT2D eigenvalue weighted by atomic mass is 9.96. The maximum absolute atomic E-state index is 13.4. The van der Waals surface area contributed by atoms with Crippen molar-refractivity contribution in [1.29, 1.82) is 0 Å². The largest absolute Gasteiger partial charge is 0.431 e. The van der Waals surface area contributed by atoms with Gasteiger partial charge in [0, 0.05) is 0 Å². The number of unbranched alkanes of at least 4 members (excludes halogenated alkanes) is 4. The smallest absolute Gasteiger partial charge is 0.309 e. The second kappa shape index (κ2) is 10.1. The third kappa shape index (κ3) is 8.88. The molecular weight excluding hydrogens is 391 g/mol. The minimum absolute atomic E-state index is 0.00339. The number of halogens is 7. The second-order valence-corrected chi connectivity index (χ2v) is 8.93. The lowest BCUT2D eigenvalue weighted by molar-refractivity contribution is -0.343. The molecule has 0 saturated heterocycles. The summed E-state index contributed by atoms with van der Waals surface area (Å²) in [4.78, 5) is 1.92. The van der Waals surface area contributed by atoms with E-state index in [0.717, 1.165) is 6.54 Å². The summed E-state index contributed by atoms with van der Waals surface area (Å²) in [5.74, 6) is -0.176. The van der Waals surface area contributed by atoms with Crippen LogP contribution >= 0.6 is 0 Å². The van der Waals surface area contributed by atoms with Crippen LogP contribution in [-0.2, 0) is 9.84 Å². The van der Waals surface area contributed by atoms with Gasteiger partial charge in [0.1, 0.15) is 9.84 Å². The molecule has 158 valence electrons. The van der Waals surface area contributed by atoms with Gasteiger partial charge < -0.3 is 4.90 Å². The predicted molar refractivity (Wildman–Crippen MR) is 85.5 cm³/mol. The van der Waals surface area contributed by atoms with Gasteiger partial charge in [0.25, 0.3) is 5.67 Å². The molecule has 0 bridgehead atoms. The van der Waals surface area contributed by atoms with E-state index >= 15 is 0 Å². The molecule has 0 aromatic rings. The molecule has 0 saturated carbocycles. The van der Waals surface area contributed by atoms with Crippen molar-refractivity contribution in [1.82, 2.24) is 4.90 Å². The summed E-state index contributed by atoms with van der Waals surface area (Å²) in [5, 5.41) is 0. The maximum Gasteiger partial charge on any atom is 0.431 e. The van der Waals surface area contributed by atoms with Crippen LogP contribution in [0.5, 0.6) is 0 Å². The van der Waals surface area contributed by atoms with Crippen molar-refractivity contribution in [2.75, 3.05) is 32.1 Å². The van der Waals surface area contributed by atoms with Crippen molar-refractivity contribution in [2.24, 2.45) is 0 Å². The van der Waals surface area contributed by atoms with Crippen LogP contribution in [0.4, 0.5) is 30.7 Å². The molecule has 0 aromatic carbocycles. The van der Waals surface area contributed by atoms with Gasteiger partial charge >= 0.3 is 12.4 Å². The molecule has 26 heavy (non-hydrogen) atoms. The van der Waals surface area contributed by atoms with Crippen molar-refractivity contribution < 1.29 is 39.2 Å². The maximum atomic E-state index is 13.4. The number of nitrogens with zero attached hydrogens (tertiary/aromatic N) is 1. The van der Waals surface area contributed by atoms with Crippen LogP contribution in [-0.4, -0.2) is 63.5 Å². The highest BCUT2D eigenvalue weighted by molar-refractivity contribution is 7.91. The van der Waals surface area contributed by atoms with Crippen LogP contribution in [0.3, 0.4) is 0 Å². The van der Waals surface area contributed by atoms with Crippen molar-refractivity contribution in [3.8, 4) is 0 Å². The summed E-state index contributed by atoms with van der Waals surface area (Å²) in [6.45, 7) is 0.749. The second-order valence-electron chi connectivity index (χ2n) is 6.62. The van der Waals surface area contributed by atoms with Crippen molar-refractivity contribution >= 4 is 9.84 Å². The van der Waals surface area contributed by atoms with Crippen molar-refractivity contribution in [3.05, 3.63) is 0 Å². The Balaban J connectivity index is 4.16. The van der Waals surface area contributed by atoms with E-state index in [-0.39, 0.29) is 30.8 Å². The van der Waals surface area contributed by atoms with Gasteiger partial charge in [0.05, 0.1) is 11.5 Å². The zero-order valence-electron chi connectivity index (χ0n) is 14.9. The fourth-order valence-corrected chi connectivity index (χ4v) is 3.83. The van der Waals surface area contributed by atoms with Crippen LogP contribution in [0, 0.1) is 0 Å². The number of sulfone groups is 1. The molecular formula is C15H26F7NO2S. The SMILES string of the molecule is CN(C)CCCCS(=O)(=O)CCCCCCC(F)(C(F)(F)F)C(F)(F)F. The van der Waals surface area contributed by atoms with Gasteiger partial charge in [-0.3, -0.25) is 0 Å². The average molecular weight is 417 g/mol. The molecule has 0 fully saturated rings. The van der Waals surface area contributed by atoms with Gasteiger partial charge in [-0.05, 0) is 52.7 Å². The Morgan fingerprint density at radius 1 is 0.692 bits per heavy atom.